The molecule has 0 bridgehead atoms. The van der Waals surface area contributed by atoms with Gasteiger partial charge in [-0.05, 0) is 58.6 Å². The van der Waals surface area contributed by atoms with E-state index >= 15 is 0 Å². The van der Waals surface area contributed by atoms with Gasteiger partial charge in [-0.1, -0.05) is 11.6 Å². The number of carbonyl (C=O) groups is 4. The lowest BCUT2D eigenvalue weighted by atomic mass is 9.84. The van der Waals surface area contributed by atoms with Gasteiger partial charge >= 0.3 is 6.09 Å². The Kier molecular flexibility index (Phi) is 8.56. The third kappa shape index (κ3) is 6.57. The lowest BCUT2D eigenvalue weighted by molar-refractivity contribution is -0.146. The zero-order chi connectivity index (χ0) is 30.9. The van der Waals surface area contributed by atoms with Crippen LogP contribution in [0.1, 0.15) is 57.0 Å². The van der Waals surface area contributed by atoms with Crippen LogP contribution in [0.4, 0.5) is 22.0 Å². The van der Waals surface area contributed by atoms with E-state index in [0.717, 1.165) is 4.90 Å². The number of nitrogens with one attached hydrogen (secondary N) is 2. The molecule has 0 aromatic carbocycles. The van der Waals surface area contributed by atoms with Crippen LogP contribution in [0.2, 0.25) is 5.02 Å². The summed E-state index contributed by atoms with van der Waals surface area (Å²) < 4.78 is 11.2. The number of anilines is 3. The number of hydrogen-bond donors (Lipinski definition) is 3. The van der Waals surface area contributed by atoms with Gasteiger partial charge in [0.25, 0.3) is 5.91 Å². The number of nitrogens with zero attached hydrogens (tertiary/aromatic N) is 4. The summed E-state index contributed by atoms with van der Waals surface area (Å²) >= 11 is 5.91. The lowest BCUT2D eigenvalue weighted by Gasteiger charge is -2.38. The molecule has 2 aliphatic rings. The number of amides is 4. The standard InChI is InChI=1S/C29H33ClN6O7/c1-29(2,3)36(28(40)41)19-12-20-23(32-14-19)24(25(43-20)27(39)33-21-9-6-17(30)13-31-21)34-26(38)16-4-7-18(8-5-16)35-10-11-42-15-22(35)37/h6,9,12-14,16,18H,4-5,7-8,10-11,15H2,1-3H3,(H,34,38)(H,40,41)(H,31,33,39)/t16-,18-. The number of morpholine rings is 1. The molecule has 4 amide bonds. The van der Waals surface area contributed by atoms with Gasteiger partial charge in [-0.25, -0.2) is 14.8 Å². The number of ether oxygens (including phenoxy) is 1. The fourth-order valence-corrected chi connectivity index (χ4v) is 5.68. The molecule has 1 saturated carbocycles. The molecule has 0 atom stereocenters. The van der Waals surface area contributed by atoms with E-state index in [0.29, 0.717) is 43.9 Å². The zero-order valence-electron chi connectivity index (χ0n) is 24.1. The quantitative estimate of drug-likeness (QED) is 0.355. The number of carboxylic acid groups (broad SMARTS) is 1. The van der Waals surface area contributed by atoms with E-state index in [1.807, 2.05) is 4.90 Å². The molecule has 0 unspecified atom stereocenters. The first-order valence-corrected chi connectivity index (χ1v) is 14.4. The molecule has 0 spiro atoms. The monoisotopic (exact) mass is 612 g/mol. The van der Waals surface area contributed by atoms with Crippen molar-refractivity contribution in [1.82, 2.24) is 14.9 Å². The van der Waals surface area contributed by atoms with Crippen molar-refractivity contribution < 1.29 is 33.4 Å². The number of furan rings is 1. The Morgan fingerprint density at radius 1 is 1.09 bits per heavy atom. The number of aromatic nitrogens is 2. The number of rotatable bonds is 6. The predicted molar refractivity (Wildman–Crippen MR) is 158 cm³/mol. The third-order valence-corrected chi connectivity index (χ3v) is 7.81. The SMILES string of the molecule is CC(C)(C)N(C(=O)O)c1cnc2c(NC(=O)[C@H]3CC[C@H](N4CCOCC4=O)CC3)c(C(=O)Nc3ccc(Cl)cn3)oc2c1. The number of hydrogen-bond acceptors (Lipinski definition) is 8. The van der Waals surface area contributed by atoms with Crippen LogP contribution < -0.4 is 15.5 Å². The molecule has 5 rings (SSSR count). The van der Waals surface area contributed by atoms with Crippen molar-refractivity contribution in [3.8, 4) is 0 Å². The minimum absolute atomic E-state index is 0.0341. The molecular weight excluding hydrogens is 580 g/mol. The average Bonchev–Trinajstić information content (AvgIpc) is 3.31. The number of pyridine rings is 2. The lowest BCUT2D eigenvalue weighted by Crippen LogP contribution is -2.49. The normalized spacial score (nSPS) is 19.3. The average molecular weight is 613 g/mol. The van der Waals surface area contributed by atoms with E-state index in [2.05, 4.69) is 20.6 Å². The Bertz CT molecular complexity index is 1540. The molecule has 1 saturated heterocycles. The summed E-state index contributed by atoms with van der Waals surface area (Å²) in [6, 6.07) is 4.61. The van der Waals surface area contributed by atoms with Crippen LogP contribution in [0.5, 0.6) is 0 Å². The molecule has 0 radical (unpaired) electrons. The van der Waals surface area contributed by atoms with E-state index in [1.165, 1.54) is 24.5 Å². The number of carbonyl (C=O) groups excluding carboxylic acids is 3. The summed E-state index contributed by atoms with van der Waals surface area (Å²) in [6.45, 7) is 6.34. The van der Waals surface area contributed by atoms with E-state index in [9.17, 15) is 24.3 Å². The highest BCUT2D eigenvalue weighted by Gasteiger charge is 2.35. The Labute approximate surface area is 252 Å². The summed E-state index contributed by atoms with van der Waals surface area (Å²) in [6.07, 6.45) is 4.01. The van der Waals surface area contributed by atoms with Crippen molar-refractivity contribution in [3.05, 3.63) is 41.4 Å². The zero-order valence-corrected chi connectivity index (χ0v) is 24.8. The van der Waals surface area contributed by atoms with Gasteiger partial charge in [0.2, 0.25) is 17.6 Å². The van der Waals surface area contributed by atoms with Crippen LogP contribution in [0.15, 0.2) is 35.0 Å². The van der Waals surface area contributed by atoms with Crippen LogP contribution in [0, 0.1) is 5.92 Å². The third-order valence-electron chi connectivity index (χ3n) is 7.59. The first kappa shape index (κ1) is 30.2. The van der Waals surface area contributed by atoms with E-state index in [4.69, 9.17) is 20.8 Å². The van der Waals surface area contributed by atoms with Crippen molar-refractivity contribution in [2.75, 3.05) is 35.3 Å². The van der Waals surface area contributed by atoms with Gasteiger partial charge in [0, 0.05) is 36.3 Å². The molecule has 43 heavy (non-hydrogen) atoms. The number of fused-ring (bicyclic) bond motifs is 1. The van der Waals surface area contributed by atoms with E-state index in [-0.39, 0.29) is 64.4 Å². The molecule has 1 aliphatic heterocycles. The molecule has 14 heteroatoms. The second-order valence-corrected chi connectivity index (χ2v) is 12.0. The van der Waals surface area contributed by atoms with Crippen LogP contribution in [0.3, 0.4) is 0 Å². The second kappa shape index (κ2) is 12.2. The topological polar surface area (TPSA) is 167 Å². The van der Waals surface area contributed by atoms with Crippen LogP contribution in [-0.2, 0) is 14.3 Å². The largest absolute Gasteiger partial charge is 0.465 e. The first-order valence-electron chi connectivity index (χ1n) is 14.0. The van der Waals surface area contributed by atoms with Gasteiger partial charge in [-0.3, -0.25) is 19.3 Å². The minimum atomic E-state index is -1.19. The summed E-state index contributed by atoms with van der Waals surface area (Å²) in [5.41, 5.74) is -0.177. The molecule has 3 N–H and O–H groups in total. The fraction of sp³-hybridized carbons (Fsp3) is 0.448. The molecular formula is C29H33ClN6O7. The van der Waals surface area contributed by atoms with Crippen LogP contribution >= 0.6 is 11.6 Å². The van der Waals surface area contributed by atoms with E-state index < -0.39 is 17.5 Å². The Morgan fingerprint density at radius 3 is 2.47 bits per heavy atom. The van der Waals surface area contributed by atoms with Gasteiger partial charge in [0.1, 0.15) is 23.6 Å². The highest BCUT2D eigenvalue weighted by molar-refractivity contribution is 6.30. The highest BCUT2D eigenvalue weighted by Crippen LogP contribution is 2.36. The first-order chi connectivity index (χ1) is 20.4. The Morgan fingerprint density at radius 2 is 1.84 bits per heavy atom. The molecule has 13 nitrogen and oxygen atoms in total. The molecule has 2 fully saturated rings. The van der Waals surface area contributed by atoms with Crippen molar-refractivity contribution >= 4 is 63.7 Å². The van der Waals surface area contributed by atoms with Gasteiger partial charge in [0.05, 0.1) is 23.5 Å². The van der Waals surface area contributed by atoms with Crippen LogP contribution in [-0.4, -0.2) is 75.1 Å². The molecule has 228 valence electrons. The Hall–Kier alpha value is -4.23. The summed E-state index contributed by atoms with van der Waals surface area (Å²) in [4.78, 5) is 62.7. The summed E-state index contributed by atoms with van der Waals surface area (Å²) in [5, 5.41) is 15.7. The smallest absolute Gasteiger partial charge is 0.412 e. The molecule has 1 aliphatic carbocycles. The maximum absolute atomic E-state index is 13.5. The molecule has 4 heterocycles. The second-order valence-electron chi connectivity index (χ2n) is 11.6. The summed E-state index contributed by atoms with van der Waals surface area (Å²) in [7, 11) is 0. The van der Waals surface area contributed by atoms with Crippen molar-refractivity contribution in [3.63, 3.8) is 0 Å². The van der Waals surface area contributed by atoms with Gasteiger partial charge in [-0.2, -0.15) is 0 Å². The van der Waals surface area contributed by atoms with Gasteiger partial charge < -0.3 is 29.8 Å². The van der Waals surface area contributed by atoms with E-state index in [1.54, 1.807) is 26.8 Å². The minimum Gasteiger partial charge on any atom is -0.465 e. The highest BCUT2D eigenvalue weighted by atomic mass is 35.5. The van der Waals surface area contributed by atoms with Crippen molar-refractivity contribution in [2.45, 2.75) is 58.0 Å². The van der Waals surface area contributed by atoms with Crippen molar-refractivity contribution in [1.29, 1.82) is 0 Å². The maximum Gasteiger partial charge on any atom is 0.412 e. The molecule has 3 aromatic heterocycles. The van der Waals surface area contributed by atoms with Gasteiger partial charge in [0.15, 0.2) is 5.58 Å². The molecule has 3 aromatic rings. The van der Waals surface area contributed by atoms with Gasteiger partial charge in [-0.15, -0.1) is 0 Å². The number of halogens is 1. The predicted octanol–water partition coefficient (Wildman–Crippen LogP) is 4.77. The van der Waals surface area contributed by atoms with Crippen LogP contribution in [0.25, 0.3) is 11.1 Å². The summed E-state index contributed by atoms with van der Waals surface area (Å²) in [5.74, 6) is -1.38. The Balaban J connectivity index is 1.42. The maximum atomic E-state index is 13.5. The van der Waals surface area contributed by atoms with Crippen molar-refractivity contribution in [2.24, 2.45) is 5.92 Å². The fourth-order valence-electron chi connectivity index (χ4n) is 5.57.